The van der Waals surface area contributed by atoms with Gasteiger partial charge in [-0.05, 0) is 65.9 Å². The van der Waals surface area contributed by atoms with Gasteiger partial charge in [0.25, 0.3) is 5.91 Å². The summed E-state index contributed by atoms with van der Waals surface area (Å²) in [5, 5.41) is 6.34. The van der Waals surface area contributed by atoms with Gasteiger partial charge in [0.05, 0.1) is 15.5 Å². The van der Waals surface area contributed by atoms with Crippen LogP contribution in [0.2, 0.25) is 0 Å². The van der Waals surface area contributed by atoms with E-state index in [4.69, 9.17) is 0 Å². The number of aryl methyl sites for hydroxylation is 2. The SMILES string of the molecule is CCc1cccc(CC)c1NC(=O)c1ccc(CNc2ccccc2S(=O)(=O)c2ccccc2)cc1. The monoisotopic (exact) mass is 498 g/mol. The Morgan fingerprint density at radius 2 is 1.33 bits per heavy atom. The third kappa shape index (κ3) is 5.50. The van der Waals surface area contributed by atoms with E-state index in [0.29, 0.717) is 17.8 Å². The number of rotatable bonds is 9. The van der Waals surface area contributed by atoms with Crippen LogP contribution in [0.1, 0.15) is 40.9 Å². The first-order valence-electron chi connectivity index (χ1n) is 12.1. The number of amides is 1. The van der Waals surface area contributed by atoms with Gasteiger partial charge in [-0.2, -0.15) is 0 Å². The van der Waals surface area contributed by atoms with Crippen LogP contribution >= 0.6 is 0 Å². The Morgan fingerprint density at radius 1 is 0.722 bits per heavy atom. The molecule has 0 radical (unpaired) electrons. The highest BCUT2D eigenvalue weighted by atomic mass is 32.2. The fourth-order valence-electron chi connectivity index (χ4n) is 4.13. The van der Waals surface area contributed by atoms with Crippen LogP contribution in [0.25, 0.3) is 0 Å². The number of carbonyl (C=O) groups is 1. The molecule has 184 valence electrons. The molecule has 0 bridgehead atoms. The molecular formula is C30H30N2O3S. The molecule has 0 heterocycles. The van der Waals surface area contributed by atoms with Crippen LogP contribution in [0.3, 0.4) is 0 Å². The Labute approximate surface area is 213 Å². The molecule has 0 unspecified atom stereocenters. The van der Waals surface area contributed by atoms with Gasteiger partial charge in [-0.25, -0.2) is 8.42 Å². The summed E-state index contributed by atoms with van der Waals surface area (Å²) >= 11 is 0. The van der Waals surface area contributed by atoms with Crippen molar-refractivity contribution in [2.75, 3.05) is 10.6 Å². The Bertz CT molecular complexity index is 1430. The molecule has 4 aromatic carbocycles. The maximum absolute atomic E-state index is 13.1. The van der Waals surface area contributed by atoms with E-state index in [1.165, 1.54) is 0 Å². The molecule has 5 nitrogen and oxygen atoms in total. The number of sulfone groups is 1. The Kier molecular flexibility index (Phi) is 7.86. The van der Waals surface area contributed by atoms with Crippen molar-refractivity contribution in [3.63, 3.8) is 0 Å². The summed E-state index contributed by atoms with van der Waals surface area (Å²) in [7, 11) is -3.65. The lowest BCUT2D eigenvalue weighted by molar-refractivity contribution is 0.102. The maximum atomic E-state index is 13.1. The number of para-hydroxylation sites is 2. The zero-order valence-corrected chi connectivity index (χ0v) is 21.3. The third-order valence-corrected chi connectivity index (χ3v) is 7.99. The lowest BCUT2D eigenvalue weighted by Crippen LogP contribution is -2.15. The van der Waals surface area contributed by atoms with Crippen molar-refractivity contribution in [2.45, 2.75) is 43.0 Å². The van der Waals surface area contributed by atoms with Gasteiger partial charge in [-0.3, -0.25) is 4.79 Å². The van der Waals surface area contributed by atoms with Crippen molar-refractivity contribution in [3.8, 4) is 0 Å². The molecule has 0 aromatic heterocycles. The minimum absolute atomic E-state index is 0.149. The lowest BCUT2D eigenvalue weighted by Gasteiger charge is -2.15. The van der Waals surface area contributed by atoms with E-state index in [2.05, 4.69) is 24.5 Å². The maximum Gasteiger partial charge on any atom is 0.255 e. The van der Waals surface area contributed by atoms with Gasteiger partial charge < -0.3 is 10.6 Å². The van der Waals surface area contributed by atoms with E-state index in [9.17, 15) is 13.2 Å². The minimum atomic E-state index is -3.65. The van der Waals surface area contributed by atoms with Crippen molar-refractivity contribution in [1.29, 1.82) is 0 Å². The summed E-state index contributed by atoms with van der Waals surface area (Å²) in [4.78, 5) is 13.4. The zero-order valence-electron chi connectivity index (χ0n) is 20.5. The second kappa shape index (κ2) is 11.2. The fraction of sp³-hybridized carbons (Fsp3) is 0.167. The molecule has 6 heteroatoms. The number of nitrogens with one attached hydrogen (secondary N) is 2. The van der Waals surface area contributed by atoms with Gasteiger partial charge in [0, 0.05) is 17.8 Å². The number of hydrogen-bond acceptors (Lipinski definition) is 4. The van der Waals surface area contributed by atoms with E-state index in [1.807, 2.05) is 30.3 Å². The van der Waals surface area contributed by atoms with Gasteiger partial charge in [0.15, 0.2) is 0 Å². The van der Waals surface area contributed by atoms with E-state index >= 15 is 0 Å². The second-order valence-corrected chi connectivity index (χ2v) is 10.4. The van der Waals surface area contributed by atoms with Gasteiger partial charge >= 0.3 is 0 Å². The number of benzene rings is 4. The molecule has 36 heavy (non-hydrogen) atoms. The average Bonchev–Trinajstić information content (AvgIpc) is 2.92. The van der Waals surface area contributed by atoms with Crippen LogP contribution < -0.4 is 10.6 Å². The van der Waals surface area contributed by atoms with Crippen LogP contribution in [0.15, 0.2) is 107 Å². The predicted molar refractivity (Wildman–Crippen MR) is 145 cm³/mol. The number of carbonyl (C=O) groups excluding carboxylic acids is 1. The largest absolute Gasteiger partial charge is 0.380 e. The van der Waals surface area contributed by atoms with Gasteiger partial charge in [-0.1, -0.05) is 74.5 Å². The summed E-state index contributed by atoms with van der Waals surface area (Å²) in [6, 6.07) is 28.7. The van der Waals surface area contributed by atoms with Crippen molar-refractivity contribution >= 4 is 27.1 Å². The van der Waals surface area contributed by atoms with E-state index < -0.39 is 9.84 Å². The van der Waals surface area contributed by atoms with E-state index in [-0.39, 0.29) is 15.7 Å². The molecule has 0 saturated carbocycles. The molecule has 0 aliphatic carbocycles. The first kappa shape index (κ1) is 25.2. The Balaban J connectivity index is 1.47. The van der Waals surface area contributed by atoms with Gasteiger partial charge in [0.1, 0.15) is 0 Å². The molecule has 0 saturated heterocycles. The smallest absolute Gasteiger partial charge is 0.255 e. The molecule has 0 aliphatic heterocycles. The van der Waals surface area contributed by atoms with Crippen LogP contribution in [-0.4, -0.2) is 14.3 Å². The van der Waals surface area contributed by atoms with Crippen molar-refractivity contribution < 1.29 is 13.2 Å². The highest BCUT2D eigenvalue weighted by Gasteiger charge is 2.20. The van der Waals surface area contributed by atoms with Gasteiger partial charge in [-0.15, -0.1) is 0 Å². The van der Waals surface area contributed by atoms with Crippen LogP contribution in [0.4, 0.5) is 11.4 Å². The molecule has 4 rings (SSSR count). The first-order chi connectivity index (χ1) is 17.4. The fourth-order valence-corrected chi connectivity index (χ4v) is 5.59. The molecule has 0 atom stereocenters. The number of hydrogen-bond donors (Lipinski definition) is 2. The van der Waals surface area contributed by atoms with Crippen LogP contribution in [0.5, 0.6) is 0 Å². The average molecular weight is 499 g/mol. The highest BCUT2D eigenvalue weighted by molar-refractivity contribution is 7.91. The number of anilines is 2. The Hall–Kier alpha value is -3.90. The third-order valence-electron chi connectivity index (χ3n) is 6.17. The first-order valence-corrected chi connectivity index (χ1v) is 13.6. The van der Waals surface area contributed by atoms with Crippen LogP contribution in [-0.2, 0) is 29.2 Å². The van der Waals surface area contributed by atoms with E-state index in [0.717, 1.165) is 35.2 Å². The summed E-state index contributed by atoms with van der Waals surface area (Å²) in [5.41, 5.74) is 5.17. The topological polar surface area (TPSA) is 75.3 Å². The molecule has 4 aromatic rings. The second-order valence-electron chi connectivity index (χ2n) is 8.48. The normalized spacial score (nSPS) is 11.2. The molecule has 0 aliphatic rings. The molecule has 1 amide bonds. The van der Waals surface area contributed by atoms with Crippen LogP contribution in [0, 0.1) is 0 Å². The Morgan fingerprint density at radius 3 is 1.97 bits per heavy atom. The zero-order chi connectivity index (χ0) is 25.5. The van der Waals surface area contributed by atoms with E-state index in [1.54, 1.807) is 66.7 Å². The summed E-state index contributed by atoms with van der Waals surface area (Å²) in [6.07, 6.45) is 1.69. The highest BCUT2D eigenvalue weighted by Crippen LogP contribution is 2.28. The summed E-state index contributed by atoms with van der Waals surface area (Å²) in [5.74, 6) is -0.149. The summed E-state index contributed by atoms with van der Waals surface area (Å²) in [6.45, 7) is 4.58. The van der Waals surface area contributed by atoms with Crippen molar-refractivity contribution in [3.05, 3.63) is 119 Å². The molecule has 0 fully saturated rings. The standard InChI is InChI=1S/C30H30N2O3S/c1-3-23-11-10-12-24(4-2)29(23)32-30(33)25-19-17-22(18-20-25)21-31-27-15-8-9-16-28(27)36(34,35)26-13-6-5-7-14-26/h5-20,31H,3-4,21H2,1-2H3,(H,32,33). The lowest BCUT2D eigenvalue weighted by atomic mass is 10.0. The molecular weight excluding hydrogens is 468 g/mol. The molecule has 2 N–H and O–H groups in total. The van der Waals surface area contributed by atoms with Crippen molar-refractivity contribution in [2.24, 2.45) is 0 Å². The quantitative estimate of drug-likeness (QED) is 0.276. The van der Waals surface area contributed by atoms with Gasteiger partial charge in [0.2, 0.25) is 9.84 Å². The molecule has 0 spiro atoms. The summed E-state index contributed by atoms with van der Waals surface area (Å²) < 4.78 is 26.3. The van der Waals surface area contributed by atoms with Crippen molar-refractivity contribution in [1.82, 2.24) is 0 Å². The minimum Gasteiger partial charge on any atom is -0.380 e. The predicted octanol–water partition coefficient (Wildman–Crippen LogP) is 6.51.